The SMILES string of the molecule is CCOC(=O)c1ccc(N)cc1.Cc1cc(=O)n(-c2ccccc2)n1C. The first-order chi connectivity index (χ1) is 12.4. The zero-order chi connectivity index (χ0) is 19.1. The lowest BCUT2D eigenvalue weighted by atomic mass is 10.2. The summed E-state index contributed by atoms with van der Waals surface area (Å²) in [6, 6.07) is 17.9. The van der Waals surface area contributed by atoms with E-state index in [9.17, 15) is 9.59 Å². The Hall–Kier alpha value is -3.28. The Bertz CT molecular complexity index is 910. The van der Waals surface area contributed by atoms with Crippen LogP contribution in [0, 0.1) is 6.92 Å². The van der Waals surface area contributed by atoms with Gasteiger partial charge < -0.3 is 10.5 Å². The van der Waals surface area contributed by atoms with E-state index < -0.39 is 0 Å². The number of para-hydroxylation sites is 1. The molecule has 3 aromatic rings. The molecule has 0 atom stereocenters. The van der Waals surface area contributed by atoms with Crippen LogP contribution >= 0.6 is 0 Å². The van der Waals surface area contributed by atoms with Crippen LogP contribution in [0.3, 0.4) is 0 Å². The van der Waals surface area contributed by atoms with E-state index in [1.807, 2.05) is 49.0 Å². The molecule has 6 heteroatoms. The van der Waals surface area contributed by atoms with Crippen molar-refractivity contribution in [1.29, 1.82) is 0 Å². The molecule has 0 unspecified atom stereocenters. The van der Waals surface area contributed by atoms with Crippen molar-refractivity contribution in [2.45, 2.75) is 13.8 Å². The second-order valence-corrected chi connectivity index (χ2v) is 5.64. The van der Waals surface area contributed by atoms with Crippen molar-refractivity contribution in [2.75, 3.05) is 12.3 Å². The van der Waals surface area contributed by atoms with Gasteiger partial charge in [-0.15, -0.1) is 0 Å². The van der Waals surface area contributed by atoms with Crippen LogP contribution in [0.15, 0.2) is 65.5 Å². The predicted molar refractivity (Wildman–Crippen MR) is 103 cm³/mol. The Morgan fingerprint density at radius 2 is 1.69 bits per heavy atom. The lowest BCUT2D eigenvalue weighted by molar-refractivity contribution is 0.0526. The van der Waals surface area contributed by atoms with Crippen molar-refractivity contribution in [3.63, 3.8) is 0 Å². The molecule has 3 rings (SSSR count). The molecule has 6 nitrogen and oxygen atoms in total. The van der Waals surface area contributed by atoms with Gasteiger partial charge in [-0.25, -0.2) is 9.48 Å². The number of carbonyl (C=O) groups excluding carboxylic acids is 1. The number of hydrogen-bond acceptors (Lipinski definition) is 4. The monoisotopic (exact) mass is 353 g/mol. The molecule has 1 aromatic heterocycles. The van der Waals surface area contributed by atoms with Gasteiger partial charge in [0.05, 0.1) is 17.9 Å². The normalized spacial score (nSPS) is 9.96. The number of rotatable bonds is 3. The first-order valence-electron chi connectivity index (χ1n) is 8.27. The highest BCUT2D eigenvalue weighted by Gasteiger charge is 2.05. The maximum absolute atomic E-state index is 11.6. The van der Waals surface area contributed by atoms with Gasteiger partial charge in [0.15, 0.2) is 0 Å². The number of nitrogen functional groups attached to an aromatic ring is 1. The largest absolute Gasteiger partial charge is 0.462 e. The van der Waals surface area contributed by atoms with E-state index in [-0.39, 0.29) is 11.5 Å². The van der Waals surface area contributed by atoms with Crippen LogP contribution in [0.25, 0.3) is 5.69 Å². The lowest BCUT2D eigenvalue weighted by Crippen LogP contribution is -2.18. The van der Waals surface area contributed by atoms with Crippen molar-refractivity contribution >= 4 is 11.7 Å². The third kappa shape index (κ3) is 4.63. The van der Waals surface area contributed by atoms with Crippen LogP contribution in [-0.4, -0.2) is 21.9 Å². The summed E-state index contributed by atoms with van der Waals surface area (Å²) in [5.41, 5.74) is 8.49. The summed E-state index contributed by atoms with van der Waals surface area (Å²) in [5, 5.41) is 0. The molecule has 0 saturated carbocycles. The van der Waals surface area contributed by atoms with E-state index in [1.165, 1.54) is 0 Å². The van der Waals surface area contributed by atoms with Crippen molar-refractivity contribution in [3.8, 4) is 5.69 Å². The van der Waals surface area contributed by atoms with Gasteiger partial charge in [-0.2, -0.15) is 0 Å². The average Bonchev–Trinajstić information content (AvgIpc) is 2.89. The van der Waals surface area contributed by atoms with E-state index in [0.29, 0.717) is 17.9 Å². The fraction of sp³-hybridized carbons (Fsp3) is 0.200. The summed E-state index contributed by atoms with van der Waals surface area (Å²) in [4.78, 5) is 22.7. The number of aromatic nitrogens is 2. The molecule has 0 spiro atoms. The smallest absolute Gasteiger partial charge is 0.338 e. The van der Waals surface area contributed by atoms with Crippen LogP contribution in [0.4, 0.5) is 5.69 Å². The Kier molecular flexibility index (Phi) is 6.38. The molecule has 0 fully saturated rings. The Balaban J connectivity index is 0.000000190. The fourth-order valence-corrected chi connectivity index (χ4v) is 2.34. The van der Waals surface area contributed by atoms with E-state index >= 15 is 0 Å². The highest BCUT2D eigenvalue weighted by molar-refractivity contribution is 5.89. The van der Waals surface area contributed by atoms with E-state index in [2.05, 4.69) is 0 Å². The highest BCUT2D eigenvalue weighted by atomic mass is 16.5. The minimum atomic E-state index is -0.308. The second-order valence-electron chi connectivity index (χ2n) is 5.64. The molecule has 0 amide bonds. The number of esters is 1. The van der Waals surface area contributed by atoms with Crippen molar-refractivity contribution < 1.29 is 9.53 Å². The summed E-state index contributed by atoms with van der Waals surface area (Å²) in [6.45, 7) is 4.08. The number of anilines is 1. The van der Waals surface area contributed by atoms with Gasteiger partial charge in [-0.05, 0) is 50.2 Å². The highest BCUT2D eigenvalue weighted by Crippen LogP contribution is 2.06. The van der Waals surface area contributed by atoms with Crippen molar-refractivity contribution in [1.82, 2.24) is 9.36 Å². The molecule has 1 heterocycles. The third-order valence-corrected chi connectivity index (χ3v) is 3.77. The van der Waals surface area contributed by atoms with E-state index in [0.717, 1.165) is 11.4 Å². The first kappa shape index (κ1) is 19.1. The van der Waals surface area contributed by atoms with Crippen molar-refractivity contribution in [3.05, 3.63) is 82.3 Å². The zero-order valence-corrected chi connectivity index (χ0v) is 15.2. The van der Waals surface area contributed by atoms with Crippen LogP contribution in [0.5, 0.6) is 0 Å². The van der Waals surface area contributed by atoms with Crippen LogP contribution in [0.1, 0.15) is 23.0 Å². The van der Waals surface area contributed by atoms with Gasteiger partial charge in [-0.3, -0.25) is 9.48 Å². The maximum Gasteiger partial charge on any atom is 0.338 e. The molecule has 0 aliphatic heterocycles. The number of carbonyl (C=O) groups is 1. The number of nitrogens with two attached hydrogens (primary N) is 1. The van der Waals surface area contributed by atoms with Gasteiger partial charge in [0.1, 0.15) is 0 Å². The summed E-state index contributed by atoms with van der Waals surface area (Å²) in [6.07, 6.45) is 0. The Morgan fingerprint density at radius 3 is 2.19 bits per heavy atom. The molecule has 2 N–H and O–H groups in total. The summed E-state index contributed by atoms with van der Waals surface area (Å²) >= 11 is 0. The van der Waals surface area contributed by atoms with Crippen LogP contribution in [-0.2, 0) is 11.8 Å². The minimum absolute atomic E-state index is 0.0104. The second kappa shape index (κ2) is 8.71. The molecule has 26 heavy (non-hydrogen) atoms. The summed E-state index contributed by atoms with van der Waals surface area (Å²) in [5.74, 6) is -0.308. The van der Waals surface area contributed by atoms with Gasteiger partial charge in [0.25, 0.3) is 5.56 Å². The third-order valence-electron chi connectivity index (χ3n) is 3.77. The first-order valence-corrected chi connectivity index (χ1v) is 8.27. The number of hydrogen-bond donors (Lipinski definition) is 1. The number of nitrogens with zero attached hydrogens (tertiary/aromatic N) is 2. The van der Waals surface area contributed by atoms with Crippen molar-refractivity contribution in [2.24, 2.45) is 7.05 Å². The van der Waals surface area contributed by atoms with E-state index in [1.54, 1.807) is 41.9 Å². The molecular formula is C20H23N3O3. The topological polar surface area (TPSA) is 79.2 Å². The molecule has 0 bridgehead atoms. The minimum Gasteiger partial charge on any atom is -0.462 e. The fourth-order valence-electron chi connectivity index (χ4n) is 2.34. The molecule has 0 aliphatic carbocycles. The lowest BCUT2D eigenvalue weighted by Gasteiger charge is -2.07. The summed E-state index contributed by atoms with van der Waals surface area (Å²) in [7, 11) is 1.88. The quantitative estimate of drug-likeness (QED) is 0.580. The molecule has 136 valence electrons. The average molecular weight is 353 g/mol. The molecule has 0 aliphatic rings. The number of aryl methyl sites for hydroxylation is 1. The number of benzene rings is 2. The van der Waals surface area contributed by atoms with Gasteiger partial charge in [0.2, 0.25) is 0 Å². The molecular weight excluding hydrogens is 330 g/mol. The Morgan fingerprint density at radius 1 is 1.08 bits per heavy atom. The van der Waals surface area contributed by atoms with Gasteiger partial charge in [-0.1, -0.05) is 18.2 Å². The standard InChI is InChI=1S/C11H12N2O.C9H11NO2/c1-9-8-11(14)13(12(9)2)10-6-4-3-5-7-10;1-2-12-9(11)7-3-5-8(10)6-4-7/h3-8H,1-2H3;3-6H,2,10H2,1H3. The summed E-state index contributed by atoms with van der Waals surface area (Å²) < 4.78 is 8.28. The molecule has 2 aromatic carbocycles. The zero-order valence-electron chi connectivity index (χ0n) is 15.2. The van der Waals surface area contributed by atoms with Crippen LogP contribution < -0.4 is 11.3 Å². The Labute approximate surface area is 152 Å². The van der Waals surface area contributed by atoms with Gasteiger partial charge in [0, 0.05) is 24.5 Å². The number of ether oxygens (including phenoxy) is 1. The van der Waals surface area contributed by atoms with Gasteiger partial charge >= 0.3 is 5.97 Å². The predicted octanol–water partition coefficient (Wildman–Crippen LogP) is 2.93. The van der Waals surface area contributed by atoms with E-state index in [4.69, 9.17) is 10.5 Å². The molecule has 0 saturated heterocycles. The maximum atomic E-state index is 11.6. The molecule has 0 radical (unpaired) electrons. The van der Waals surface area contributed by atoms with Crippen LogP contribution in [0.2, 0.25) is 0 Å².